The van der Waals surface area contributed by atoms with Gasteiger partial charge in [-0.1, -0.05) is 25.1 Å². The SMILES string of the molecule is CCC(C(=O)Nc1cc(C(=O)O)c(C)cc1C)c1ccc(OC)cc1. The molecular weight excluding hydrogens is 318 g/mol. The van der Waals surface area contributed by atoms with Crippen LogP contribution in [0.5, 0.6) is 5.75 Å². The van der Waals surface area contributed by atoms with Crippen molar-refractivity contribution in [1.29, 1.82) is 0 Å². The molecule has 0 saturated heterocycles. The van der Waals surface area contributed by atoms with Crippen LogP contribution in [0.25, 0.3) is 0 Å². The average molecular weight is 341 g/mol. The van der Waals surface area contributed by atoms with Crippen LogP contribution in [-0.2, 0) is 4.79 Å². The summed E-state index contributed by atoms with van der Waals surface area (Å²) in [5.74, 6) is -0.745. The largest absolute Gasteiger partial charge is 0.497 e. The first kappa shape index (κ1) is 18.5. The summed E-state index contributed by atoms with van der Waals surface area (Å²) in [6, 6.07) is 10.7. The van der Waals surface area contributed by atoms with Crippen LogP contribution in [0.1, 0.15) is 46.3 Å². The number of ether oxygens (including phenoxy) is 1. The van der Waals surface area contributed by atoms with E-state index in [0.29, 0.717) is 17.7 Å². The number of carbonyl (C=O) groups is 2. The Balaban J connectivity index is 2.27. The maximum Gasteiger partial charge on any atom is 0.336 e. The Morgan fingerprint density at radius 3 is 2.28 bits per heavy atom. The zero-order valence-corrected chi connectivity index (χ0v) is 14.9. The molecular formula is C20H23NO4. The van der Waals surface area contributed by atoms with E-state index in [-0.39, 0.29) is 17.4 Å². The lowest BCUT2D eigenvalue weighted by Gasteiger charge is -2.18. The number of carbonyl (C=O) groups excluding carboxylic acids is 1. The van der Waals surface area contributed by atoms with Gasteiger partial charge in [-0.15, -0.1) is 0 Å². The molecule has 132 valence electrons. The summed E-state index contributed by atoms with van der Waals surface area (Å²) in [4.78, 5) is 24.0. The summed E-state index contributed by atoms with van der Waals surface area (Å²) in [7, 11) is 1.60. The van der Waals surface area contributed by atoms with Crippen LogP contribution in [0.4, 0.5) is 5.69 Å². The third-order valence-electron chi connectivity index (χ3n) is 4.30. The lowest BCUT2D eigenvalue weighted by molar-refractivity contribution is -0.117. The fourth-order valence-corrected chi connectivity index (χ4v) is 2.85. The lowest BCUT2D eigenvalue weighted by atomic mass is 9.95. The molecule has 1 atom stereocenters. The van der Waals surface area contributed by atoms with Crippen molar-refractivity contribution in [3.8, 4) is 5.75 Å². The van der Waals surface area contributed by atoms with Crippen molar-refractivity contribution in [1.82, 2.24) is 0 Å². The standard InChI is InChI=1S/C20H23NO4/c1-5-16(14-6-8-15(25-4)9-7-14)19(22)21-18-11-17(20(23)24)12(2)10-13(18)3/h6-11,16H,5H2,1-4H3,(H,21,22)(H,23,24). The van der Waals surface area contributed by atoms with Gasteiger partial charge in [0.25, 0.3) is 0 Å². The van der Waals surface area contributed by atoms with Gasteiger partial charge in [0.05, 0.1) is 18.6 Å². The second-order valence-electron chi connectivity index (χ2n) is 6.01. The molecule has 0 aliphatic heterocycles. The van der Waals surface area contributed by atoms with Gasteiger partial charge < -0.3 is 15.2 Å². The first-order chi connectivity index (χ1) is 11.9. The number of aromatic carboxylic acids is 1. The first-order valence-corrected chi connectivity index (χ1v) is 8.16. The number of amides is 1. The Morgan fingerprint density at radius 2 is 1.76 bits per heavy atom. The van der Waals surface area contributed by atoms with Crippen molar-refractivity contribution in [3.05, 3.63) is 58.7 Å². The summed E-state index contributed by atoms with van der Waals surface area (Å²) in [6.45, 7) is 5.54. The van der Waals surface area contributed by atoms with Gasteiger partial charge in [0.15, 0.2) is 0 Å². The zero-order chi connectivity index (χ0) is 18.6. The molecule has 2 aromatic rings. The highest BCUT2D eigenvalue weighted by Gasteiger charge is 2.20. The predicted octanol–water partition coefficient (Wildman–Crippen LogP) is 4.14. The lowest BCUT2D eigenvalue weighted by Crippen LogP contribution is -2.21. The van der Waals surface area contributed by atoms with Crippen LogP contribution in [0.3, 0.4) is 0 Å². The molecule has 0 spiro atoms. The molecule has 0 aromatic heterocycles. The fourth-order valence-electron chi connectivity index (χ4n) is 2.85. The number of carboxylic acid groups (broad SMARTS) is 1. The molecule has 0 radical (unpaired) electrons. The molecule has 5 heteroatoms. The van der Waals surface area contributed by atoms with E-state index in [9.17, 15) is 14.7 Å². The summed E-state index contributed by atoms with van der Waals surface area (Å²) in [5, 5.41) is 12.2. The quantitative estimate of drug-likeness (QED) is 0.828. The van der Waals surface area contributed by atoms with Crippen molar-refractivity contribution >= 4 is 17.6 Å². The first-order valence-electron chi connectivity index (χ1n) is 8.16. The van der Waals surface area contributed by atoms with E-state index in [2.05, 4.69) is 5.32 Å². The minimum Gasteiger partial charge on any atom is -0.497 e. The number of benzene rings is 2. The summed E-state index contributed by atoms with van der Waals surface area (Å²) in [5.41, 5.74) is 3.12. The molecule has 0 fully saturated rings. The Morgan fingerprint density at radius 1 is 1.12 bits per heavy atom. The zero-order valence-electron chi connectivity index (χ0n) is 14.9. The molecule has 1 unspecified atom stereocenters. The van der Waals surface area contributed by atoms with E-state index in [4.69, 9.17) is 4.74 Å². The van der Waals surface area contributed by atoms with E-state index >= 15 is 0 Å². The molecule has 0 bridgehead atoms. The third-order valence-corrected chi connectivity index (χ3v) is 4.30. The molecule has 0 saturated carbocycles. The topological polar surface area (TPSA) is 75.6 Å². The Hall–Kier alpha value is -2.82. The molecule has 2 rings (SSSR count). The number of methoxy groups -OCH3 is 1. The summed E-state index contributed by atoms with van der Waals surface area (Å²) in [6.07, 6.45) is 0.634. The van der Waals surface area contributed by atoms with Gasteiger partial charge in [-0.05, 0) is 55.2 Å². The molecule has 0 aliphatic rings. The number of hydrogen-bond acceptors (Lipinski definition) is 3. The third kappa shape index (κ3) is 4.18. The van der Waals surface area contributed by atoms with Crippen LogP contribution >= 0.6 is 0 Å². The van der Waals surface area contributed by atoms with Gasteiger partial charge >= 0.3 is 5.97 Å². The van der Waals surface area contributed by atoms with Crippen molar-refractivity contribution in [2.45, 2.75) is 33.1 Å². The summed E-state index contributed by atoms with van der Waals surface area (Å²) < 4.78 is 5.15. The minimum atomic E-state index is -1.00. The number of rotatable bonds is 6. The van der Waals surface area contributed by atoms with Gasteiger partial charge in [-0.2, -0.15) is 0 Å². The minimum absolute atomic E-state index is 0.157. The number of anilines is 1. The Kier molecular flexibility index (Phi) is 5.80. The second-order valence-corrected chi connectivity index (χ2v) is 6.01. The number of hydrogen-bond donors (Lipinski definition) is 2. The average Bonchev–Trinajstić information content (AvgIpc) is 2.58. The molecule has 2 aromatic carbocycles. The molecule has 0 heterocycles. The predicted molar refractivity (Wildman–Crippen MR) is 97.5 cm³/mol. The molecule has 25 heavy (non-hydrogen) atoms. The van der Waals surface area contributed by atoms with Crippen LogP contribution in [0.2, 0.25) is 0 Å². The number of carboxylic acids is 1. The van der Waals surface area contributed by atoms with Crippen molar-refractivity contribution in [2.75, 3.05) is 12.4 Å². The molecule has 5 nitrogen and oxygen atoms in total. The smallest absolute Gasteiger partial charge is 0.336 e. The van der Waals surface area contributed by atoms with Crippen molar-refractivity contribution < 1.29 is 19.4 Å². The normalized spacial score (nSPS) is 11.7. The van der Waals surface area contributed by atoms with Gasteiger partial charge in [0.1, 0.15) is 5.75 Å². The summed E-state index contributed by atoms with van der Waals surface area (Å²) >= 11 is 0. The number of nitrogens with one attached hydrogen (secondary N) is 1. The van der Waals surface area contributed by atoms with Gasteiger partial charge in [0, 0.05) is 5.69 Å². The molecule has 0 aliphatic carbocycles. The highest BCUT2D eigenvalue weighted by molar-refractivity contribution is 5.98. The fraction of sp³-hybridized carbons (Fsp3) is 0.300. The highest BCUT2D eigenvalue weighted by atomic mass is 16.5. The van der Waals surface area contributed by atoms with E-state index < -0.39 is 5.97 Å². The van der Waals surface area contributed by atoms with Crippen molar-refractivity contribution in [3.63, 3.8) is 0 Å². The second kappa shape index (κ2) is 7.83. The van der Waals surface area contributed by atoms with E-state index in [1.807, 2.05) is 38.1 Å². The van der Waals surface area contributed by atoms with Gasteiger partial charge in [-0.3, -0.25) is 4.79 Å². The molecule has 1 amide bonds. The van der Waals surface area contributed by atoms with Crippen LogP contribution in [-0.4, -0.2) is 24.1 Å². The molecule has 2 N–H and O–H groups in total. The maximum atomic E-state index is 12.7. The van der Waals surface area contributed by atoms with E-state index in [1.165, 1.54) is 6.07 Å². The maximum absolute atomic E-state index is 12.7. The monoisotopic (exact) mass is 341 g/mol. The van der Waals surface area contributed by atoms with Crippen LogP contribution < -0.4 is 10.1 Å². The highest BCUT2D eigenvalue weighted by Crippen LogP contribution is 2.26. The van der Waals surface area contributed by atoms with E-state index in [1.54, 1.807) is 20.1 Å². The Labute approximate surface area is 147 Å². The number of aryl methyl sites for hydroxylation is 2. The van der Waals surface area contributed by atoms with Crippen LogP contribution in [0, 0.1) is 13.8 Å². The van der Waals surface area contributed by atoms with Crippen molar-refractivity contribution in [2.24, 2.45) is 0 Å². The Bertz CT molecular complexity index is 781. The van der Waals surface area contributed by atoms with E-state index in [0.717, 1.165) is 16.9 Å². The van der Waals surface area contributed by atoms with Crippen LogP contribution in [0.15, 0.2) is 36.4 Å². The van der Waals surface area contributed by atoms with Gasteiger partial charge in [0.2, 0.25) is 5.91 Å². The van der Waals surface area contributed by atoms with Gasteiger partial charge in [-0.25, -0.2) is 4.79 Å².